The molecule has 3 N–H and O–H groups in total. The molecular weight excluding hydrogens is 242 g/mol. The molecule has 0 aliphatic heterocycles. The van der Waals surface area contributed by atoms with Gasteiger partial charge in [0.2, 0.25) is 0 Å². The van der Waals surface area contributed by atoms with Crippen molar-refractivity contribution in [3.8, 4) is 0 Å². The number of anilines is 1. The minimum absolute atomic E-state index is 0.278. The number of carbonyl (C=O) groups is 1. The Morgan fingerprint density at radius 3 is 3.00 bits per heavy atom. The summed E-state index contributed by atoms with van der Waals surface area (Å²) in [5.74, 6) is -0.301. The van der Waals surface area contributed by atoms with Gasteiger partial charge < -0.3 is 15.6 Å². The number of nitrogens with two attached hydrogens (primary N) is 1. The van der Waals surface area contributed by atoms with Gasteiger partial charge in [-0.2, -0.15) is 0 Å². The molecule has 17 heavy (non-hydrogen) atoms. The van der Waals surface area contributed by atoms with E-state index in [1.54, 1.807) is 18.2 Å². The normalized spacial score (nSPS) is 10.2. The van der Waals surface area contributed by atoms with Crippen LogP contribution in [0.1, 0.15) is 16.1 Å². The third kappa shape index (κ3) is 2.76. The molecule has 0 spiro atoms. The highest BCUT2D eigenvalue weighted by Crippen LogP contribution is 2.18. The number of nitrogens with zero attached hydrogens (tertiary/aromatic N) is 1. The number of benzene rings is 1. The van der Waals surface area contributed by atoms with Gasteiger partial charge in [0.05, 0.1) is 17.1 Å². The Balaban J connectivity index is 2.07. The number of rotatable bonds is 3. The summed E-state index contributed by atoms with van der Waals surface area (Å²) in [4.78, 5) is 11.8. The first-order valence-electron chi connectivity index (χ1n) is 4.89. The number of carbonyl (C=O) groups excluding carboxylic acids is 1. The minimum atomic E-state index is -0.301. The van der Waals surface area contributed by atoms with Crippen LogP contribution >= 0.6 is 11.6 Å². The first-order chi connectivity index (χ1) is 8.16. The molecule has 0 fully saturated rings. The van der Waals surface area contributed by atoms with Crippen molar-refractivity contribution in [1.82, 2.24) is 10.5 Å². The fourth-order valence-electron chi connectivity index (χ4n) is 1.31. The van der Waals surface area contributed by atoms with E-state index in [4.69, 9.17) is 17.3 Å². The van der Waals surface area contributed by atoms with E-state index in [0.717, 1.165) is 0 Å². The van der Waals surface area contributed by atoms with E-state index in [-0.39, 0.29) is 12.5 Å². The Labute approximate surface area is 103 Å². The highest BCUT2D eigenvalue weighted by molar-refractivity contribution is 6.34. The molecule has 2 rings (SSSR count). The van der Waals surface area contributed by atoms with Crippen molar-refractivity contribution in [1.29, 1.82) is 0 Å². The van der Waals surface area contributed by atoms with Crippen LogP contribution in [0.4, 0.5) is 5.69 Å². The van der Waals surface area contributed by atoms with Crippen molar-refractivity contribution in [2.75, 3.05) is 5.73 Å². The fourth-order valence-corrected chi connectivity index (χ4v) is 1.52. The van der Waals surface area contributed by atoms with E-state index in [0.29, 0.717) is 22.0 Å². The van der Waals surface area contributed by atoms with Gasteiger partial charge in [0.1, 0.15) is 12.0 Å². The van der Waals surface area contributed by atoms with Gasteiger partial charge in [0.15, 0.2) is 0 Å². The number of aromatic nitrogens is 1. The van der Waals surface area contributed by atoms with Gasteiger partial charge in [0, 0.05) is 11.8 Å². The van der Waals surface area contributed by atoms with Crippen LogP contribution < -0.4 is 11.1 Å². The third-order valence-corrected chi connectivity index (χ3v) is 2.49. The van der Waals surface area contributed by atoms with Gasteiger partial charge in [-0.15, -0.1) is 0 Å². The lowest BCUT2D eigenvalue weighted by Crippen LogP contribution is -2.23. The molecule has 5 nitrogen and oxygen atoms in total. The quantitative estimate of drug-likeness (QED) is 0.816. The zero-order valence-electron chi connectivity index (χ0n) is 8.81. The van der Waals surface area contributed by atoms with E-state index >= 15 is 0 Å². The summed E-state index contributed by atoms with van der Waals surface area (Å²) < 4.78 is 4.65. The average molecular weight is 252 g/mol. The molecule has 1 amide bonds. The number of nitrogens with one attached hydrogen (secondary N) is 1. The average Bonchev–Trinajstić information content (AvgIpc) is 2.82. The molecule has 0 atom stereocenters. The van der Waals surface area contributed by atoms with E-state index in [2.05, 4.69) is 15.0 Å². The molecule has 0 unspecified atom stereocenters. The van der Waals surface area contributed by atoms with Crippen LogP contribution in [-0.4, -0.2) is 11.1 Å². The molecule has 1 aromatic carbocycles. The van der Waals surface area contributed by atoms with Crippen molar-refractivity contribution in [2.45, 2.75) is 6.54 Å². The van der Waals surface area contributed by atoms with E-state index < -0.39 is 0 Å². The minimum Gasteiger partial charge on any atom is -0.399 e. The number of amides is 1. The molecule has 0 aliphatic rings. The van der Waals surface area contributed by atoms with Gasteiger partial charge >= 0.3 is 0 Å². The van der Waals surface area contributed by atoms with Crippen LogP contribution in [0, 0.1) is 0 Å². The molecule has 88 valence electrons. The summed E-state index contributed by atoms with van der Waals surface area (Å²) in [6, 6.07) is 6.42. The Bertz CT molecular complexity index is 526. The third-order valence-electron chi connectivity index (χ3n) is 2.16. The van der Waals surface area contributed by atoms with Crippen LogP contribution in [0.3, 0.4) is 0 Å². The predicted molar refractivity (Wildman–Crippen MR) is 63.5 cm³/mol. The maximum Gasteiger partial charge on any atom is 0.253 e. The Kier molecular flexibility index (Phi) is 3.30. The van der Waals surface area contributed by atoms with Crippen LogP contribution in [0.25, 0.3) is 0 Å². The van der Waals surface area contributed by atoms with E-state index in [9.17, 15) is 4.79 Å². The molecular formula is C11H10ClN3O2. The molecule has 6 heteroatoms. The Morgan fingerprint density at radius 1 is 1.47 bits per heavy atom. The standard InChI is InChI=1S/C11H10ClN3O2/c12-10-2-1-7(13)5-9(10)11(16)14-6-8-3-4-17-15-8/h1-5H,6,13H2,(H,14,16). The van der Waals surface area contributed by atoms with Gasteiger partial charge in [0.25, 0.3) is 5.91 Å². The van der Waals surface area contributed by atoms with Gasteiger partial charge in [-0.1, -0.05) is 16.8 Å². The lowest BCUT2D eigenvalue weighted by Gasteiger charge is -2.05. The van der Waals surface area contributed by atoms with Crippen LogP contribution in [0.2, 0.25) is 5.02 Å². The van der Waals surface area contributed by atoms with E-state index in [1.807, 2.05) is 0 Å². The highest BCUT2D eigenvalue weighted by atomic mass is 35.5. The van der Waals surface area contributed by atoms with Crippen LogP contribution in [-0.2, 0) is 6.54 Å². The van der Waals surface area contributed by atoms with Crippen molar-refractivity contribution in [2.24, 2.45) is 0 Å². The first kappa shape index (κ1) is 11.5. The Morgan fingerprint density at radius 2 is 2.29 bits per heavy atom. The maximum absolute atomic E-state index is 11.8. The largest absolute Gasteiger partial charge is 0.399 e. The molecule has 0 bridgehead atoms. The molecule has 1 heterocycles. The summed E-state index contributed by atoms with van der Waals surface area (Å²) in [6.45, 7) is 0.278. The zero-order chi connectivity index (χ0) is 12.3. The molecule has 0 aliphatic carbocycles. The summed E-state index contributed by atoms with van der Waals surface area (Å²) in [6.07, 6.45) is 1.44. The smallest absolute Gasteiger partial charge is 0.253 e. The lowest BCUT2D eigenvalue weighted by atomic mass is 10.2. The Hall–Kier alpha value is -2.01. The summed E-state index contributed by atoms with van der Waals surface area (Å²) in [7, 11) is 0. The molecule has 2 aromatic rings. The monoisotopic (exact) mass is 251 g/mol. The lowest BCUT2D eigenvalue weighted by molar-refractivity contribution is 0.0950. The molecule has 1 aromatic heterocycles. The molecule has 0 saturated heterocycles. The maximum atomic E-state index is 11.8. The van der Waals surface area contributed by atoms with Crippen molar-refractivity contribution >= 4 is 23.2 Å². The van der Waals surface area contributed by atoms with Crippen molar-refractivity contribution < 1.29 is 9.32 Å². The summed E-state index contributed by atoms with van der Waals surface area (Å²) >= 11 is 5.90. The van der Waals surface area contributed by atoms with Gasteiger partial charge in [-0.25, -0.2) is 0 Å². The topological polar surface area (TPSA) is 81.2 Å². The number of hydrogen-bond donors (Lipinski definition) is 2. The zero-order valence-corrected chi connectivity index (χ0v) is 9.57. The van der Waals surface area contributed by atoms with Crippen molar-refractivity contribution in [3.05, 3.63) is 46.8 Å². The van der Waals surface area contributed by atoms with Crippen molar-refractivity contribution in [3.63, 3.8) is 0 Å². The number of hydrogen-bond acceptors (Lipinski definition) is 4. The molecule has 0 radical (unpaired) electrons. The highest BCUT2D eigenvalue weighted by Gasteiger charge is 2.10. The number of nitrogen functional groups attached to an aromatic ring is 1. The second-order valence-corrected chi connectivity index (χ2v) is 3.82. The fraction of sp³-hybridized carbons (Fsp3) is 0.0909. The summed E-state index contributed by atoms with van der Waals surface area (Å²) in [5.41, 5.74) is 7.06. The van der Waals surface area contributed by atoms with E-state index in [1.165, 1.54) is 12.3 Å². The second kappa shape index (κ2) is 4.88. The second-order valence-electron chi connectivity index (χ2n) is 3.41. The van der Waals surface area contributed by atoms with Crippen LogP contribution in [0.5, 0.6) is 0 Å². The molecule has 0 saturated carbocycles. The predicted octanol–water partition coefficient (Wildman–Crippen LogP) is 1.84. The van der Waals surface area contributed by atoms with Crippen LogP contribution in [0.15, 0.2) is 35.1 Å². The first-order valence-corrected chi connectivity index (χ1v) is 5.27. The SMILES string of the molecule is Nc1ccc(Cl)c(C(=O)NCc2ccon2)c1. The number of halogens is 1. The summed E-state index contributed by atoms with van der Waals surface area (Å²) in [5, 5.41) is 6.70. The van der Waals surface area contributed by atoms with Gasteiger partial charge in [-0.3, -0.25) is 4.79 Å². The van der Waals surface area contributed by atoms with Gasteiger partial charge in [-0.05, 0) is 18.2 Å².